The van der Waals surface area contributed by atoms with Crippen LogP contribution in [0, 0.1) is 0 Å². The van der Waals surface area contributed by atoms with Crippen LogP contribution < -0.4 is 5.32 Å². The molecule has 0 saturated carbocycles. The highest BCUT2D eigenvalue weighted by atomic mass is 35.5. The fraction of sp³-hybridized carbons (Fsp3) is 0.0556. The van der Waals surface area contributed by atoms with Gasteiger partial charge in [-0.25, -0.2) is 9.78 Å². The lowest BCUT2D eigenvalue weighted by atomic mass is 10.2. The van der Waals surface area contributed by atoms with Crippen molar-refractivity contribution in [2.45, 2.75) is 6.61 Å². The van der Waals surface area contributed by atoms with Gasteiger partial charge in [-0.2, -0.15) is 0 Å². The smallest absolute Gasteiger partial charge is 0.338 e. The van der Waals surface area contributed by atoms with E-state index in [0.717, 1.165) is 5.56 Å². The van der Waals surface area contributed by atoms with E-state index >= 15 is 0 Å². The van der Waals surface area contributed by atoms with E-state index in [1.165, 1.54) is 11.3 Å². The van der Waals surface area contributed by atoms with Crippen LogP contribution in [-0.4, -0.2) is 16.9 Å². The number of nitrogens with zero attached hydrogens (tertiary/aromatic N) is 1. The molecule has 7 heteroatoms. The van der Waals surface area contributed by atoms with Crippen molar-refractivity contribution in [3.63, 3.8) is 0 Å². The first-order valence-corrected chi connectivity index (χ1v) is 8.60. The number of rotatable bonds is 5. The standard InChI is InChI=1S/C18H13ClN2O3S/c19-16-8-3-12(10-20-16)11-24-18(23)13-4-6-14(7-5-13)21-17(22)15-2-1-9-25-15/h1-10H,11H2,(H,21,22). The lowest BCUT2D eigenvalue weighted by molar-refractivity contribution is 0.0472. The monoisotopic (exact) mass is 372 g/mol. The Balaban J connectivity index is 1.56. The van der Waals surface area contributed by atoms with Gasteiger partial charge in [0, 0.05) is 17.4 Å². The van der Waals surface area contributed by atoms with Crippen molar-refractivity contribution in [2.24, 2.45) is 0 Å². The van der Waals surface area contributed by atoms with Crippen molar-refractivity contribution in [1.82, 2.24) is 4.98 Å². The van der Waals surface area contributed by atoms with Crippen molar-refractivity contribution < 1.29 is 14.3 Å². The molecule has 0 unspecified atom stereocenters. The number of halogens is 1. The molecule has 0 atom stereocenters. The first kappa shape index (κ1) is 17.1. The van der Waals surface area contributed by atoms with Gasteiger partial charge in [-0.3, -0.25) is 4.79 Å². The fourth-order valence-corrected chi connectivity index (χ4v) is 2.74. The average Bonchev–Trinajstić information content (AvgIpc) is 3.16. The van der Waals surface area contributed by atoms with Crippen LogP contribution in [0.15, 0.2) is 60.1 Å². The second-order valence-electron chi connectivity index (χ2n) is 5.07. The van der Waals surface area contributed by atoms with Crippen LogP contribution >= 0.6 is 22.9 Å². The first-order chi connectivity index (χ1) is 12.1. The number of thiophene rings is 1. The third-order valence-electron chi connectivity index (χ3n) is 3.28. The fourth-order valence-electron chi connectivity index (χ4n) is 2.01. The summed E-state index contributed by atoms with van der Waals surface area (Å²) in [5, 5.41) is 4.99. The van der Waals surface area contributed by atoms with Crippen molar-refractivity contribution >= 4 is 40.5 Å². The number of carbonyl (C=O) groups excluding carboxylic acids is 2. The summed E-state index contributed by atoms with van der Waals surface area (Å²) >= 11 is 7.07. The summed E-state index contributed by atoms with van der Waals surface area (Å²) in [7, 11) is 0. The summed E-state index contributed by atoms with van der Waals surface area (Å²) in [6.07, 6.45) is 1.55. The maximum absolute atomic E-state index is 12.1. The minimum absolute atomic E-state index is 0.111. The zero-order chi connectivity index (χ0) is 17.6. The Morgan fingerprint density at radius 1 is 1.12 bits per heavy atom. The van der Waals surface area contributed by atoms with E-state index in [1.54, 1.807) is 48.7 Å². The summed E-state index contributed by atoms with van der Waals surface area (Å²) in [5.41, 5.74) is 1.76. The van der Waals surface area contributed by atoms with Gasteiger partial charge < -0.3 is 10.1 Å². The molecule has 2 heterocycles. The molecule has 25 heavy (non-hydrogen) atoms. The summed E-state index contributed by atoms with van der Waals surface area (Å²) in [5.74, 6) is -0.633. The van der Waals surface area contributed by atoms with E-state index in [2.05, 4.69) is 10.3 Å². The highest BCUT2D eigenvalue weighted by Gasteiger charge is 2.10. The molecule has 0 fully saturated rings. The number of pyridine rings is 1. The van der Waals surface area contributed by atoms with E-state index in [-0.39, 0.29) is 12.5 Å². The Morgan fingerprint density at radius 3 is 2.56 bits per heavy atom. The highest BCUT2D eigenvalue weighted by molar-refractivity contribution is 7.12. The molecule has 1 aromatic carbocycles. The number of benzene rings is 1. The van der Waals surface area contributed by atoms with Gasteiger partial charge in [-0.1, -0.05) is 23.7 Å². The number of nitrogens with one attached hydrogen (secondary N) is 1. The molecule has 0 aliphatic carbocycles. The van der Waals surface area contributed by atoms with E-state index in [4.69, 9.17) is 16.3 Å². The first-order valence-electron chi connectivity index (χ1n) is 7.34. The molecule has 1 N–H and O–H groups in total. The average molecular weight is 373 g/mol. The Labute approximate surface area is 153 Å². The molecule has 0 spiro atoms. The third kappa shape index (κ3) is 4.65. The van der Waals surface area contributed by atoms with Crippen molar-refractivity contribution in [3.05, 3.63) is 81.3 Å². The molecule has 0 aliphatic heterocycles. The number of hydrogen-bond donors (Lipinski definition) is 1. The zero-order valence-corrected chi connectivity index (χ0v) is 14.5. The number of hydrogen-bond acceptors (Lipinski definition) is 5. The molecule has 3 aromatic rings. The maximum Gasteiger partial charge on any atom is 0.338 e. The molecular weight excluding hydrogens is 360 g/mol. The highest BCUT2D eigenvalue weighted by Crippen LogP contribution is 2.15. The lowest BCUT2D eigenvalue weighted by Crippen LogP contribution is -2.10. The zero-order valence-electron chi connectivity index (χ0n) is 12.9. The number of ether oxygens (including phenoxy) is 1. The van der Waals surface area contributed by atoms with Crippen LogP contribution in [0.4, 0.5) is 5.69 Å². The molecule has 3 rings (SSSR count). The summed E-state index contributed by atoms with van der Waals surface area (Å²) in [4.78, 5) is 28.6. The molecular formula is C18H13ClN2O3S. The normalized spacial score (nSPS) is 10.3. The van der Waals surface area contributed by atoms with Gasteiger partial charge in [0.15, 0.2) is 0 Å². The van der Waals surface area contributed by atoms with Gasteiger partial charge >= 0.3 is 5.97 Å². The van der Waals surface area contributed by atoms with Crippen LogP contribution in [0.5, 0.6) is 0 Å². The van der Waals surface area contributed by atoms with Gasteiger partial charge in [-0.15, -0.1) is 11.3 Å². The minimum atomic E-state index is -0.453. The molecule has 0 aliphatic rings. The topological polar surface area (TPSA) is 68.3 Å². The summed E-state index contributed by atoms with van der Waals surface area (Å²) < 4.78 is 5.23. The van der Waals surface area contributed by atoms with Crippen LogP contribution in [0.25, 0.3) is 0 Å². The largest absolute Gasteiger partial charge is 0.457 e. The lowest BCUT2D eigenvalue weighted by Gasteiger charge is -2.07. The van der Waals surface area contributed by atoms with Crippen molar-refractivity contribution in [1.29, 1.82) is 0 Å². The Kier molecular flexibility index (Phi) is 5.42. The molecule has 0 saturated heterocycles. The number of anilines is 1. The van der Waals surface area contributed by atoms with Gasteiger partial charge in [0.05, 0.1) is 10.4 Å². The predicted molar refractivity (Wildman–Crippen MR) is 97.1 cm³/mol. The second-order valence-corrected chi connectivity index (χ2v) is 6.41. The molecule has 126 valence electrons. The summed E-state index contributed by atoms with van der Waals surface area (Å²) in [6.45, 7) is 0.111. The van der Waals surface area contributed by atoms with E-state index in [1.807, 2.05) is 11.4 Å². The Hall–Kier alpha value is -2.70. The van der Waals surface area contributed by atoms with Gasteiger partial charge in [0.25, 0.3) is 5.91 Å². The third-order valence-corrected chi connectivity index (χ3v) is 4.37. The molecule has 1 amide bonds. The quantitative estimate of drug-likeness (QED) is 0.532. The number of esters is 1. The van der Waals surface area contributed by atoms with Gasteiger partial charge in [-0.05, 0) is 41.8 Å². The van der Waals surface area contributed by atoms with Gasteiger partial charge in [0.1, 0.15) is 11.8 Å². The number of amides is 1. The summed E-state index contributed by atoms with van der Waals surface area (Å²) in [6, 6.07) is 13.5. The second kappa shape index (κ2) is 7.92. The van der Waals surface area contributed by atoms with E-state index < -0.39 is 5.97 Å². The van der Waals surface area contributed by atoms with Crippen LogP contribution in [-0.2, 0) is 11.3 Å². The predicted octanol–water partition coefficient (Wildman–Crippen LogP) is 4.41. The van der Waals surface area contributed by atoms with Gasteiger partial charge in [0.2, 0.25) is 0 Å². The molecule has 2 aromatic heterocycles. The molecule has 0 radical (unpaired) electrons. The number of carbonyl (C=O) groups is 2. The maximum atomic E-state index is 12.1. The van der Waals surface area contributed by atoms with Crippen LogP contribution in [0.3, 0.4) is 0 Å². The SMILES string of the molecule is O=C(OCc1ccc(Cl)nc1)c1ccc(NC(=O)c2cccs2)cc1. The minimum Gasteiger partial charge on any atom is -0.457 e. The van der Waals surface area contributed by atoms with Crippen molar-refractivity contribution in [2.75, 3.05) is 5.32 Å². The van der Waals surface area contributed by atoms with Crippen molar-refractivity contribution in [3.8, 4) is 0 Å². The number of aromatic nitrogens is 1. The van der Waals surface area contributed by atoms with Crippen LogP contribution in [0.2, 0.25) is 5.15 Å². The van der Waals surface area contributed by atoms with E-state index in [0.29, 0.717) is 21.3 Å². The van der Waals surface area contributed by atoms with Crippen LogP contribution in [0.1, 0.15) is 25.6 Å². The molecule has 0 bridgehead atoms. The van der Waals surface area contributed by atoms with E-state index in [9.17, 15) is 9.59 Å². The molecule has 5 nitrogen and oxygen atoms in total. The Morgan fingerprint density at radius 2 is 1.92 bits per heavy atom. The Bertz CT molecular complexity index is 862.